The maximum absolute atomic E-state index is 12.7. The normalized spacial score (nSPS) is 23.4. The van der Waals surface area contributed by atoms with Gasteiger partial charge in [-0.2, -0.15) is 0 Å². The number of carbonyl (C=O) groups is 2. The minimum Gasteiger partial charge on any atom is -0.392 e. The minimum absolute atomic E-state index is 0.0424. The Morgan fingerprint density at radius 1 is 1.21 bits per heavy atom. The van der Waals surface area contributed by atoms with Crippen LogP contribution in [0.4, 0.5) is 10.5 Å². The van der Waals surface area contributed by atoms with Crippen LogP contribution in [0.2, 0.25) is 10.0 Å². The van der Waals surface area contributed by atoms with E-state index in [1.165, 1.54) is 0 Å². The van der Waals surface area contributed by atoms with Gasteiger partial charge in [0.25, 0.3) is 0 Å². The number of amides is 3. The Hall–Kier alpha value is -1.54. The topological polar surface area (TPSA) is 76.1 Å². The molecular weight excluding hydrogens is 415 g/mol. The summed E-state index contributed by atoms with van der Waals surface area (Å²) in [7, 11) is 0. The molecule has 2 heterocycles. The van der Waals surface area contributed by atoms with E-state index in [1.54, 1.807) is 30.0 Å². The van der Waals surface area contributed by atoms with Gasteiger partial charge in [-0.05, 0) is 57.5 Å². The molecule has 0 spiro atoms. The van der Waals surface area contributed by atoms with Crippen LogP contribution < -0.4 is 5.32 Å². The fourth-order valence-electron chi connectivity index (χ4n) is 3.92. The maximum atomic E-state index is 12.7. The third-order valence-corrected chi connectivity index (χ3v) is 6.30. The highest BCUT2D eigenvalue weighted by Crippen LogP contribution is 2.25. The van der Waals surface area contributed by atoms with Gasteiger partial charge in [0.15, 0.2) is 0 Å². The van der Waals surface area contributed by atoms with Gasteiger partial charge >= 0.3 is 6.03 Å². The smallest absolute Gasteiger partial charge is 0.322 e. The predicted octanol–water partition coefficient (Wildman–Crippen LogP) is 2.90. The van der Waals surface area contributed by atoms with Crippen molar-refractivity contribution in [3.63, 3.8) is 0 Å². The number of nitrogens with zero attached hydrogens (tertiary/aromatic N) is 3. The molecule has 2 N–H and O–H groups in total. The standard InChI is InChI=1S/C20H28Cl2N4O3/c1-14-19(28)25(9-3-8-24-7-2-4-16(27)13-24)10-11-26(14)20(29)23-15-5-6-17(21)18(22)12-15/h5-6,12,14,16,27H,2-4,7-11,13H2,1H3,(H,23,29)/t14-,16+/m0/s1. The van der Waals surface area contributed by atoms with Gasteiger partial charge in [-0.25, -0.2) is 4.79 Å². The zero-order valence-electron chi connectivity index (χ0n) is 16.6. The first-order chi connectivity index (χ1) is 13.8. The van der Waals surface area contributed by atoms with Crippen LogP contribution in [0.25, 0.3) is 0 Å². The number of likely N-dealkylation sites (tertiary alicyclic amines) is 1. The fourth-order valence-corrected chi connectivity index (χ4v) is 4.22. The summed E-state index contributed by atoms with van der Waals surface area (Å²) < 4.78 is 0. The number of β-amino-alcohol motifs (C(OH)–C–C–N with tert-alkyl or cyclic N) is 1. The van der Waals surface area contributed by atoms with E-state index in [0.717, 1.165) is 32.4 Å². The van der Waals surface area contributed by atoms with E-state index in [-0.39, 0.29) is 18.0 Å². The van der Waals surface area contributed by atoms with E-state index in [1.807, 2.05) is 4.90 Å². The van der Waals surface area contributed by atoms with Crippen molar-refractivity contribution in [3.8, 4) is 0 Å². The van der Waals surface area contributed by atoms with Crippen LogP contribution in [0.3, 0.4) is 0 Å². The highest BCUT2D eigenvalue weighted by molar-refractivity contribution is 6.42. The Kier molecular flexibility index (Phi) is 7.62. The quantitative estimate of drug-likeness (QED) is 0.734. The number of aliphatic hydroxyl groups excluding tert-OH is 1. The van der Waals surface area contributed by atoms with E-state index in [0.29, 0.717) is 41.9 Å². The number of anilines is 1. The lowest BCUT2D eigenvalue weighted by atomic mass is 10.1. The molecule has 9 heteroatoms. The van der Waals surface area contributed by atoms with E-state index in [9.17, 15) is 14.7 Å². The second kappa shape index (κ2) is 9.98. The molecule has 0 saturated carbocycles. The molecule has 2 atom stereocenters. The average molecular weight is 443 g/mol. The zero-order valence-corrected chi connectivity index (χ0v) is 18.1. The first kappa shape index (κ1) is 22.2. The number of benzene rings is 1. The lowest BCUT2D eigenvalue weighted by Crippen LogP contribution is -2.58. The number of urea groups is 1. The Balaban J connectivity index is 1.48. The molecule has 7 nitrogen and oxygen atoms in total. The summed E-state index contributed by atoms with van der Waals surface area (Å²) in [6.07, 6.45) is 2.52. The van der Waals surface area contributed by atoms with Gasteiger partial charge in [-0.1, -0.05) is 23.2 Å². The molecule has 29 heavy (non-hydrogen) atoms. The van der Waals surface area contributed by atoms with Gasteiger partial charge in [-0.3, -0.25) is 4.79 Å². The van der Waals surface area contributed by atoms with Crippen molar-refractivity contribution < 1.29 is 14.7 Å². The van der Waals surface area contributed by atoms with Crippen molar-refractivity contribution in [2.45, 2.75) is 38.3 Å². The van der Waals surface area contributed by atoms with Crippen LogP contribution >= 0.6 is 23.2 Å². The zero-order chi connectivity index (χ0) is 21.0. The van der Waals surface area contributed by atoms with Gasteiger partial charge in [0.05, 0.1) is 16.1 Å². The van der Waals surface area contributed by atoms with E-state index >= 15 is 0 Å². The van der Waals surface area contributed by atoms with Crippen LogP contribution in [-0.2, 0) is 4.79 Å². The Morgan fingerprint density at radius 2 is 2.00 bits per heavy atom. The minimum atomic E-state index is -0.525. The molecule has 2 fully saturated rings. The molecule has 2 aliphatic rings. The largest absolute Gasteiger partial charge is 0.392 e. The number of hydrogen-bond acceptors (Lipinski definition) is 4. The summed E-state index contributed by atoms with van der Waals surface area (Å²) >= 11 is 11.9. The van der Waals surface area contributed by atoms with Crippen molar-refractivity contribution in [2.24, 2.45) is 0 Å². The molecule has 160 valence electrons. The summed E-state index contributed by atoms with van der Waals surface area (Å²) in [5.74, 6) is -0.0424. The first-order valence-corrected chi connectivity index (χ1v) is 10.8. The van der Waals surface area contributed by atoms with E-state index < -0.39 is 6.04 Å². The van der Waals surface area contributed by atoms with Gasteiger partial charge < -0.3 is 25.1 Å². The lowest BCUT2D eigenvalue weighted by molar-refractivity contribution is -0.139. The van der Waals surface area contributed by atoms with Crippen LogP contribution in [0.5, 0.6) is 0 Å². The fraction of sp³-hybridized carbons (Fsp3) is 0.600. The molecule has 0 bridgehead atoms. The third kappa shape index (κ3) is 5.75. The lowest BCUT2D eigenvalue weighted by Gasteiger charge is -2.39. The molecule has 3 amide bonds. The number of rotatable bonds is 5. The van der Waals surface area contributed by atoms with Gasteiger partial charge in [0.2, 0.25) is 5.91 Å². The summed E-state index contributed by atoms with van der Waals surface area (Å²) in [5, 5.41) is 13.3. The highest BCUT2D eigenvalue weighted by atomic mass is 35.5. The molecule has 0 unspecified atom stereocenters. The number of carbonyl (C=O) groups excluding carboxylic acids is 2. The first-order valence-electron chi connectivity index (χ1n) is 10.1. The van der Waals surface area contributed by atoms with Crippen molar-refractivity contribution in [3.05, 3.63) is 28.2 Å². The summed E-state index contributed by atoms with van der Waals surface area (Å²) in [6.45, 7) is 6.00. The number of aliphatic hydroxyl groups is 1. The molecular formula is C20H28Cl2N4O3. The van der Waals surface area contributed by atoms with Crippen LogP contribution in [-0.4, -0.2) is 83.2 Å². The Labute approximate surface area is 181 Å². The molecule has 1 aromatic carbocycles. The molecule has 0 aromatic heterocycles. The van der Waals surface area contributed by atoms with Gasteiger partial charge in [-0.15, -0.1) is 0 Å². The van der Waals surface area contributed by atoms with Crippen molar-refractivity contribution in [1.82, 2.24) is 14.7 Å². The molecule has 0 aliphatic carbocycles. The molecule has 3 rings (SSSR count). The highest BCUT2D eigenvalue weighted by Gasteiger charge is 2.34. The van der Waals surface area contributed by atoms with Gasteiger partial charge in [0.1, 0.15) is 6.04 Å². The van der Waals surface area contributed by atoms with Crippen molar-refractivity contribution in [1.29, 1.82) is 0 Å². The maximum Gasteiger partial charge on any atom is 0.322 e. The second-order valence-corrected chi connectivity index (χ2v) is 8.52. The Morgan fingerprint density at radius 3 is 2.72 bits per heavy atom. The number of halogens is 2. The SMILES string of the molecule is C[C@H]1C(=O)N(CCCN2CCC[C@@H](O)C2)CCN1C(=O)Nc1ccc(Cl)c(Cl)c1. The summed E-state index contributed by atoms with van der Waals surface area (Å²) in [4.78, 5) is 31.0. The van der Waals surface area contributed by atoms with Crippen LogP contribution in [0.1, 0.15) is 26.2 Å². The molecule has 0 radical (unpaired) electrons. The van der Waals surface area contributed by atoms with Crippen molar-refractivity contribution >= 4 is 40.8 Å². The average Bonchev–Trinajstić information content (AvgIpc) is 2.68. The number of piperidine rings is 1. The monoisotopic (exact) mass is 442 g/mol. The number of hydrogen-bond donors (Lipinski definition) is 2. The van der Waals surface area contributed by atoms with Crippen molar-refractivity contribution in [2.75, 3.05) is 44.6 Å². The van der Waals surface area contributed by atoms with E-state index in [4.69, 9.17) is 23.2 Å². The summed E-state index contributed by atoms with van der Waals surface area (Å²) in [6, 6.07) is 4.02. The predicted molar refractivity (Wildman–Crippen MR) is 115 cm³/mol. The summed E-state index contributed by atoms with van der Waals surface area (Å²) in [5.41, 5.74) is 0.537. The Bertz CT molecular complexity index is 748. The third-order valence-electron chi connectivity index (χ3n) is 5.56. The molecule has 2 saturated heterocycles. The van der Waals surface area contributed by atoms with Crippen LogP contribution in [0, 0.1) is 0 Å². The van der Waals surface area contributed by atoms with Gasteiger partial charge in [0, 0.05) is 31.9 Å². The molecule has 2 aliphatic heterocycles. The van der Waals surface area contributed by atoms with Crippen LogP contribution in [0.15, 0.2) is 18.2 Å². The second-order valence-electron chi connectivity index (χ2n) is 7.70. The number of nitrogens with one attached hydrogen (secondary N) is 1. The number of piperazine rings is 1. The molecule has 1 aromatic rings. The van der Waals surface area contributed by atoms with E-state index in [2.05, 4.69) is 10.2 Å².